The molecule has 4 rings (SSSR count). The molecule has 2 amide bonds. The van der Waals surface area contributed by atoms with Crippen molar-refractivity contribution in [3.8, 4) is 0 Å². The van der Waals surface area contributed by atoms with Gasteiger partial charge in [-0.1, -0.05) is 29.5 Å². The fourth-order valence-corrected chi connectivity index (χ4v) is 4.03. The monoisotopic (exact) mass is 396 g/mol. The highest BCUT2D eigenvalue weighted by molar-refractivity contribution is 7.15. The van der Waals surface area contributed by atoms with Crippen LogP contribution in [0.2, 0.25) is 0 Å². The third-order valence-corrected chi connectivity index (χ3v) is 5.47. The Bertz CT molecular complexity index is 1000. The fraction of sp³-hybridized carbons (Fsp3) is 0.200. The molecule has 0 saturated heterocycles. The molecule has 2 aromatic heterocycles. The first-order valence-corrected chi connectivity index (χ1v) is 9.63. The molecule has 1 aromatic carbocycles. The smallest absolute Gasteiger partial charge is 0.276 e. The number of pyridine rings is 1. The molecule has 3 heterocycles. The molecule has 0 fully saturated rings. The highest BCUT2D eigenvalue weighted by Crippen LogP contribution is 2.29. The van der Waals surface area contributed by atoms with Crippen molar-refractivity contribution in [1.82, 2.24) is 14.9 Å². The number of nitrogens with zero attached hydrogens (tertiary/aromatic N) is 3. The molecular formula is C20H17FN4O2S. The Morgan fingerprint density at radius 2 is 2.00 bits per heavy atom. The third-order valence-electron chi connectivity index (χ3n) is 4.47. The molecule has 0 unspecified atom stereocenters. The van der Waals surface area contributed by atoms with Gasteiger partial charge in [-0.25, -0.2) is 9.37 Å². The maximum Gasteiger partial charge on any atom is 0.276 e. The predicted molar refractivity (Wildman–Crippen MR) is 104 cm³/mol. The molecule has 6 nitrogen and oxygen atoms in total. The summed E-state index contributed by atoms with van der Waals surface area (Å²) in [5.74, 6) is -0.635. The molecule has 1 aliphatic heterocycles. The lowest BCUT2D eigenvalue weighted by molar-refractivity contribution is -0.131. The predicted octanol–water partition coefficient (Wildman–Crippen LogP) is 3.06. The second-order valence-electron chi connectivity index (χ2n) is 6.43. The lowest BCUT2D eigenvalue weighted by Crippen LogP contribution is -2.36. The first kappa shape index (κ1) is 18.2. The SMILES string of the molecule is O=C(Nc1nc2c(s1)CN(C(=O)Cc1ccc(F)cc1)CC2)c1ccccn1. The molecule has 0 saturated carbocycles. The number of hydrogen-bond donors (Lipinski definition) is 1. The van der Waals surface area contributed by atoms with Crippen molar-refractivity contribution in [3.05, 3.63) is 76.3 Å². The first-order chi connectivity index (χ1) is 13.6. The van der Waals surface area contributed by atoms with Gasteiger partial charge in [-0.15, -0.1) is 0 Å². The van der Waals surface area contributed by atoms with Gasteiger partial charge >= 0.3 is 0 Å². The standard InChI is InChI=1S/C20H17FN4O2S/c21-14-6-4-13(5-7-14)11-18(26)25-10-8-15-17(12-25)28-20(23-15)24-19(27)16-3-1-2-9-22-16/h1-7,9H,8,10-12H2,(H,23,24,27). The molecule has 1 N–H and O–H groups in total. The highest BCUT2D eigenvalue weighted by atomic mass is 32.1. The largest absolute Gasteiger partial charge is 0.337 e. The van der Waals surface area contributed by atoms with Crippen molar-refractivity contribution in [3.63, 3.8) is 0 Å². The number of thiazole rings is 1. The van der Waals surface area contributed by atoms with Crippen LogP contribution in [-0.4, -0.2) is 33.2 Å². The quantitative estimate of drug-likeness (QED) is 0.736. The summed E-state index contributed by atoms with van der Waals surface area (Å²) >= 11 is 1.37. The van der Waals surface area contributed by atoms with E-state index in [1.165, 1.54) is 23.5 Å². The van der Waals surface area contributed by atoms with Gasteiger partial charge in [0, 0.05) is 24.0 Å². The zero-order valence-corrected chi connectivity index (χ0v) is 15.7. The highest BCUT2D eigenvalue weighted by Gasteiger charge is 2.24. The lowest BCUT2D eigenvalue weighted by Gasteiger charge is -2.26. The summed E-state index contributed by atoms with van der Waals surface area (Å²) in [7, 11) is 0. The van der Waals surface area contributed by atoms with Gasteiger partial charge < -0.3 is 4.90 Å². The Morgan fingerprint density at radius 1 is 1.18 bits per heavy atom. The van der Waals surface area contributed by atoms with Crippen molar-refractivity contribution in [2.24, 2.45) is 0 Å². The Morgan fingerprint density at radius 3 is 2.75 bits per heavy atom. The topological polar surface area (TPSA) is 75.2 Å². The van der Waals surface area contributed by atoms with Crippen LogP contribution in [0, 0.1) is 5.82 Å². The van der Waals surface area contributed by atoms with E-state index in [0.29, 0.717) is 30.3 Å². The van der Waals surface area contributed by atoms with Crippen LogP contribution in [0.5, 0.6) is 0 Å². The molecule has 0 radical (unpaired) electrons. The van der Waals surface area contributed by atoms with E-state index in [1.807, 2.05) is 0 Å². The van der Waals surface area contributed by atoms with Gasteiger partial charge in [0.2, 0.25) is 5.91 Å². The molecule has 142 valence electrons. The minimum absolute atomic E-state index is 0.00951. The molecule has 0 bridgehead atoms. The molecule has 0 aliphatic carbocycles. The van der Waals surface area contributed by atoms with Gasteiger partial charge in [0.05, 0.1) is 18.7 Å². The zero-order valence-electron chi connectivity index (χ0n) is 14.9. The van der Waals surface area contributed by atoms with Gasteiger partial charge in [-0.3, -0.25) is 19.9 Å². The van der Waals surface area contributed by atoms with Crippen LogP contribution in [0.15, 0.2) is 48.7 Å². The Labute approximate surface area is 165 Å². The van der Waals surface area contributed by atoms with E-state index in [1.54, 1.807) is 41.4 Å². The number of carbonyl (C=O) groups excluding carboxylic acids is 2. The van der Waals surface area contributed by atoms with Crippen LogP contribution in [0.25, 0.3) is 0 Å². The van der Waals surface area contributed by atoms with Gasteiger partial charge in [-0.2, -0.15) is 0 Å². The van der Waals surface area contributed by atoms with E-state index < -0.39 is 0 Å². The fourth-order valence-electron chi connectivity index (χ4n) is 3.01. The first-order valence-electron chi connectivity index (χ1n) is 8.81. The maximum atomic E-state index is 13.0. The van der Waals surface area contributed by atoms with Crippen LogP contribution >= 0.6 is 11.3 Å². The number of rotatable bonds is 4. The average Bonchev–Trinajstić information content (AvgIpc) is 3.11. The molecular weight excluding hydrogens is 379 g/mol. The van der Waals surface area contributed by atoms with E-state index in [-0.39, 0.29) is 24.1 Å². The van der Waals surface area contributed by atoms with Gasteiger partial charge in [-0.05, 0) is 29.8 Å². The van der Waals surface area contributed by atoms with Gasteiger partial charge in [0.25, 0.3) is 5.91 Å². The summed E-state index contributed by atoms with van der Waals surface area (Å²) in [6.07, 6.45) is 2.44. The Kier molecular flexibility index (Phi) is 5.12. The maximum absolute atomic E-state index is 13.0. The van der Waals surface area contributed by atoms with Crippen LogP contribution in [-0.2, 0) is 24.2 Å². The summed E-state index contributed by atoms with van der Waals surface area (Å²) in [5.41, 5.74) is 2.02. The number of halogens is 1. The minimum atomic E-state index is -0.316. The molecule has 3 aromatic rings. The number of anilines is 1. The number of carbonyl (C=O) groups is 2. The number of amides is 2. The molecule has 28 heavy (non-hydrogen) atoms. The van der Waals surface area contributed by atoms with Crippen LogP contribution in [0.1, 0.15) is 26.6 Å². The second kappa shape index (κ2) is 7.85. The summed E-state index contributed by atoms with van der Waals surface area (Å²) in [4.78, 5) is 36.0. The minimum Gasteiger partial charge on any atom is -0.337 e. The van der Waals surface area contributed by atoms with Crippen LogP contribution in [0.4, 0.5) is 9.52 Å². The normalized spacial score (nSPS) is 13.1. The Balaban J connectivity index is 1.40. The van der Waals surface area contributed by atoms with Crippen molar-refractivity contribution < 1.29 is 14.0 Å². The number of nitrogens with one attached hydrogen (secondary N) is 1. The van der Waals surface area contributed by atoms with Crippen molar-refractivity contribution >= 4 is 28.3 Å². The van der Waals surface area contributed by atoms with Crippen LogP contribution in [0.3, 0.4) is 0 Å². The second-order valence-corrected chi connectivity index (χ2v) is 7.51. The van der Waals surface area contributed by atoms with Crippen molar-refractivity contribution in [1.29, 1.82) is 0 Å². The van der Waals surface area contributed by atoms with Crippen LogP contribution < -0.4 is 5.32 Å². The zero-order chi connectivity index (χ0) is 19.5. The van der Waals surface area contributed by atoms with E-state index in [2.05, 4.69) is 15.3 Å². The molecule has 1 aliphatic rings. The number of hydrogen-bond acceptors (Lipinski definition) is 5. The lowest BCUT2D eigenvalue weighted by atomic mass is 10.1. The van der Waals surface area contributed by atoms with Gasteiger partial charge in [0.1, 0.15) is 11.5 Å². The summed E-state index contributed by atoms with van der Waals surface area (Å²) in [6.45, 7) is 1.04. The van der Waals surface area contributed by atoms with Gasteiger partial charge in [0.15, 0.2) is 5.13 Å². The van der Waals surface area contributed by atoms with E-state index in [0.717, 1.165) is 16.1 Å². The molecule has 8 heteroatoms. The van der Waals surface area contributed by atoms with Crippen molar-refractivity contribution in [2.75, 3.05) is 11.9 Å². The Hall–Kier alpha value is -3.13. The number of fused-ring (bicyclic) bond motifs is 1. The number of aromatic nitrogens is 2. The summed E-state index contributed by atoms with van der Waals surface area (Å²) < 4.78 is 13.0. The molecule has 0 spiro atoms. The third kappa shape index (κ3) is 4.07. The van der Waals surface area contributed by atoms with Crippen molar-refractivity contribution in [2.45, 2.75) is 19.4 Å². The van der Waals surface area contributed by atoms with E-state index in [9.17, 15) is 14.0 Å². The average molecular weight is 396 g/mol. The van der Waals surface area contributed by atoms with E-state index >= 15 is 0 Å². The number of benzene rings is 1. The molecule has 0 atom stereocenters. The summed E-state index contributed by atoms with van der Waals surface area (Å²) in [6, 6.07) is 11.1. The van der Waals surface area contributed by atoms with E-state index in [4.69, 9.17) is 0 Å². The summed E-state index contributed by atoms with van der Waals surface area (Å²) in [5, 5.41) is 3.28.